The highest BCUT2D eigenvalue weighted by Gasteiger charge is 2.23. The first-order valence-corrected chi connectivity index (χ1v) is 7.44. The highest BCUT2D eigenvalue weighted by molar-refractivity contribution is 9.10. The molecule has 3 rings (SSSR count). The van der Waals surface area contributed by atoms with Crippen LogP contribution < -0.4 is 4.74 Å². The zero-order valence-electron chi connectivity index (χ0n) is 9.87. The van der Waals surface area contributed by atoms with Crippen molar-refractivity contribution in [2.75, 3.05) is 0 Å². The molecule has 2 nitrogen and oxygen atoms in total. The van der Waals surface area contributed by atoms with Crippen molar-refractivity contribution in [2.24, 2.45) is 0 Å². The second-order valence-electron chi connectivity index (χ2n) is 4.44. The Labute approximate surface area is 129 Å². The van der Waals surface area contributed by atoms with E-state index in [0.29, 0.717) is 15.9 Å². The summed E-state index contributed by atoms with van der Waals surface area (Å²) in [6, 6.07) is 7.65. The Hall–Kier alpha value is -0.770. The van der Waals surface area contributed by atoms with Crippen LogP contribution in [0.3, 0.4) is 0 Å². The van der Waals surface area contributed by atoms with E-state index in [9.17, 15) is 0 Å². The van der Waals surface area contributed by atoms with Crippen LogP contribution in [0.25, 0.3) is 0 Å². The number of rotatable bonds is 1. The summed E-state index contributed by atoms with van der Waals surface area (Å²) in [5, 5.41) is 1.11. The second kappa shape index (κ2) is 5.31. The zero-order valence-corrected chi connectivity index (χ0v) is 13.0. The van der Waals surface area contributed by atoms with E-state index >= 15 is 0 Å². The minimum absolute atomic E-state index is 0.0176. The zero-order chi connectivity index (χ0) is 13.4. The number of hydrogen-bond donors (Lipinski definition) is 0. The highest BCUT2D eigenvalue weighted by atomic mass is 79.9. The van der Waals surface area contributed by atoms with Gasteiger partial charge in [-0.1, -0.05) is 29.3 Å². The second-order valence-corrected chi connectivity index (χ2v) is 6.17. The van der Waals surface area contributed by atoms with E-state index in [1.54, 1.807) is 12.3 Å². The van der Waals surface area contributed by atoms with Crippen LogP contribution in [0.5, 0.6) is 5.88 Å². The van der Waals surface area contributed by atoms with Crippen molar-refractivity contribution in [2.45, 2.75) is 18.9 Å². The van der Waals surface area contributed by atoms with Gasteiger partial charge in [-0.25, -0.2) is 4.98 Å². The number of halogens is 3. The Kier molecular flexibility index (Phi) is 3.70. The molecule has 1 aromatic carbocycles. The van der Waals surface area contributed by atoms with Crippen LogP contribution in [0.15, 0.2) is 34.9 Å². The van der Waals surface area contributed by atoms with Gasteiger partial charge in [0.25, 0.3) is 0 Å². The largest absolute Gasteiger partial charge is 0.469 e. The van der Waals surface area contributed by atoms with Crippen LogP contribution in [-0.4, -0.2) is 4.98 Å². The lowest BCUT2D eigenvalue weighted by molar-refractivity contribution is 0.168. The molecule has 0 fully saturated rings. The van der Waals surface area contributed by atoms with Crippen molar-refractivity contribution in [1.82, 2.24) is 4.98 Å². The Morgan fingerprint density at radius 3 is 2.84 bits per heavy atom. The lowest BCUT2D eigenvalue weighted by Gasteiger charge is -2.25. The van der Waals surface area contributed by atoms with Crippen LogP contribution >= 0.6 is 39.1 Å². The summed E-state index contributed by atoms with van der Waals surface area (Å²) < 4.78 is 6.91. The molecule has 98 valence electrons. The average molecular weight is 359 g/mol. The molecule has 0 radical (unpaired) electrons. The maximum Gasteiger partial charge on any atom is 0.217 e. The molecular weight excluding hydrogens is 349 g/mol. The summed E-state index contributed by atoms with van der Waals surface area (Å²) in [6.07, 6.45) is 3.57. The number of nitrogens with zero attached hydrogens (tertiary/aromatic N) is 1. The molecule has 1 aliphatic rings. The van der Waals surface area contributed by atoms with E-state index in [1.807, 2.05) is 18.2 Å². The number of benzene rings is 1. The Morgan fingerprint density at radius 1 is 1.21 bits per heavy atom. The molecule has 5 heteroatoms. The molecule has 0 spiro atoms. The van der Waals surface area contributed by atoms with Gasteiger partial charge in [-0.3, -0.25) is 0 Å². The van der Waals surface area contributed by atoms with Gasteiger partial charge in [0.15, 0.2) is 0 Å². The average Bonchev–Trinajstić information content (AvgIpc) is 2.41. The Balaban J connectivity index is 1.89. The summed E-state index contributed by atoms with van der Waals surface area (Å²) >= 11 is 15.4. The van der Waals surface area contributed by atoms with Gasteiger partial charge in [0.05, 0.1) is 10.0 Å². The molecule has 0 aliphatic carbocycles. The van der Waals surface area contributed by atoms with E-state index in [2.05, 4.69) is 20.9 Å². The third-order valence-electron chi connectivity index (χ3n) is 3.14. The van der Waals surface area contributed by atoms with Crippen LogP contribution in [0, 0.1) is 0 Å². The molecule has 0 N–H and O–H groups in total. The van der Waals surface area contributed by atoms with Crippen molar-refractivity contribution >= 4 is 39.1 Å². The van der Waals surface area contributed by atoms with Gasteiger partial charge in [-0.2, -0.15) is 0 Å². The summed E-state index contributed by atoms with van der Waals surface area (Å²) in [5.41, 5.74) is 2.16. The molecule has 1 atom stereocenters. The first kappa shape index (κ1) is 13.2. The normalized spacial score (nSPS) is 17.7. The molecule has 0 saturated heterocycles. The molecule has 0 amide bonds. The molecule has 1 aromatic heterocycles. The lowest BCUT2D eigenvalue weighted by Crippen LogP contribution is -2.16. The lowest BCUT2D eigenvalue weighted by atomic mass is 9.99. The monoisotopic (exact) mass is 357 g/mol. The Morgan fingerprint density at radius 2 is 2.05 bits per heavy atom. The number of aryl methyl sites for hydroxylation is 1. The first-order valence-electron chi connectivity index (χ1n) is 5.89. The minimum Gasteiger partial charge on any atom is -0.469 e. The number of hydrogen-bond acceptors (Lipinski definition) is 2. The van der Waals surface area contributed by atoms with Crippen LogP contribution in [0.1, 0.15) is 23.7 Å². The number of ether oxygens (including phenoxy) is 1. The van der Waals surface area contributed by atoms with E-state index in [4.69, 9.17) is 27.9 Å². The van der Waals surface area contributed by atoms with Gasteiger partial charge < -0.3 is 4.74 Å². The third-order valence-corrected chi connectivity index (χ3v) is 4.31. The standard InChI is InChI=1S/C14H10BrCl2NO/c15-10-5-9-2-4-13(19-14(9)18-7-10)8-1-3-11(16)12(17)6-8/h1,3,5-7,13H,2,4H2/t13-/m0/s1. The molecule has 0 bridgehead atoms. The van der Waals surface area contributed by atoms with Crippen molar-refractivity contribution in [3.8, 4) is 5.88 Å². The van der Waals surface area contributed by atoms with Crippen molar-refractivity contribution in [1.29, 1.82) is 0 Å². The van der Waals surface area contributed by atoms with Crippen molar-refractivity contribution in [3.05, 3.63) is 56.1 Å². The molecule has 1 aliphatic heterocycles. The number of pyridine rings is 1. The molecule has 0 saturated carbocycles. The fraction of sp³-hybridized carbons (Fsp3) is 0.214. The molecule has 19 heavy (non-hydrogen) atoms. The fourth-order valence-corrected chi connectivity index (χ4v) is 2.87. The molecule has 2 aromatic rings. The Bertz CT molecular complexity index is 633. The number of fused-ring (bicyclic) bond motifs is 1. The van der Waals surface area contributed by atoms with Gasteiger partial charge in [0.2, 0.25) is 5.88 Å². The van der Waals surface area contributed by atoms with Crippen molar-refractivity contribution in [3.63, 3.8) is 0 Å². The molecule has 2 heterocycles. The predicted octanol–water partition coefficient (Wildman–Crippen LogP) is 5.22. The minimum atomic E-state index is -0.0176. The van der Waals surface area contributed by atoms with E-state index in [1.165, 1.54) is 0 Å². The smallest absolute Gasteiger partial charge is 0.217 e. The maximum absolute atomic E-state index is 6.04. The predicted molar refractivity (Wildman–Crippen MR) is 80.1 cm³/mol. The third kappa shape index (κ3) is 2.73. The van der Waals surface area contributed by atoms with E-state index < -0.39 is 0 Å². The van der Waals surface area contributed by atoms with Gasteiger partial charge in [-0.05, 0) is 52.5 Å². The maximum atomic E-state index is 6.04. The summed E-state index contributed by atoms with van der Waals surface area (Å²) in [7, 11) is 0. The summed E-state index contributed by atoms with van der Waals surface area (Å²) in [4.78, 5) is 4.31. The molecule has 0 unspecified atom stereocenters. The summed E-state index contributed by atoms with van der Waals surface area (Å²) in [6.45, 7) is 0. The highest BCUT2D eigenvalue weighted by Crippen LogP contribution is 2.36. The topological polar surface area (TPSA) is 22.1 Å². The van der Waals surface area contributed by atoms with Gasteiger partial charge in [0, 0.05) is 16.2 Å². The molecular formula is C14H10BrCl2NO. The van der Waals surface area contributed by atoms with Crippen LogP contribution in [-0.2, 0) is 6.42 Å². The first-order chi connectivity index (χ1) is 9.13. The van der Waals surface area contributed by atoms with E-state index in [-0.39, 0.29) is 6.10 Å². The van der Waals surface area contributed by atoms with Gasteiger partial charge in [0.1, 0.15) is 6.10 Å². The van der Waals surface area contributed by atoms with E-state index in [0.717, 1.165) is 28.4 Å². The van der Waals surface area contributed by atoms with Crippen LogP contribution in [0.4, 0.5) is 0 Å². The van der Waals surface area contributed by atoms with Crippen LogP contribution in [0.2, 0.25) is 10.0 Å². The quantitative estimate of drug-likeness (QED) is 0.697. The fourth-order valence-electron chi connectivity index (χ4n) is 2.18. The summed E-state index contributed by atoms with van der Waals surface area (Å²) in [5.74, 6) is 0.700. The van der Waals surface area contributed by atoms with Crippen molar-refractivity contribution < 1.29 is 4.74 Å². The number of aromatic nitrogens is 1. The SMILES string of the molecule is Clc1ccc([C@@H]2CCc3cc(Br)cnc3O2)cc1Cl. The van der Waals surface area contributed by atoms with Gasteiger partial charge >= 0.3 is 0 Å². The van der Waals surface area contributed by atoms with Gasteiger partial charge in [-0.15, -0.1) is 0 Å².